The Kier molecular flexibility index (Phi) is 5.64. The Labute approximate surface area is 117 Å². The smallest absolute Gasteiger partial charge is 0.332 e. The molecule has 0 amide bonds. The number of halogens is 2. The summed E-state index contributed by atoms with van der Waals surface area (Å²) in [5.74, 6) is 0.275. The molecule has 92 valence electrons. The maximum atomic E-state index is 11.2. The number of rotatable bonds is 4. The fourth-order valence-electron chi connectivity index (χ4n) is 1.09. The lowest BCUT2D eigenvalue weighted by Gasteiger charge is -2.07. The summed E-state index contributed by atoms with van der Waals surface area (Å²) in [7, 11) is 0. The predicted octanol–water partition coefficient (Wildman–Crippen LogP) is 3.49. The number of nitrogens with one attached hydrogen (secondary N) is 1. The summed E-state index contributed by atoms with van der Waals surface area (Å²) >= 11 is 6.69. The number of pyridine rings is 1. The van der Waals surface area contributed by atoms with Crippen LogP contribution < -0.4 is 5.32 Å². The van der Waals surface area contributed by atoms with Gasteiger partial charge in [-0.2, -0.15) is 0 Å². The minimum Gasteiger partial charge on any atom is -0.463 e. The molecule has 0 aliphatic heterocycles. The summed E-state index contributed by atoms with van der Waals surface area (Å²) < 4.78 is 6.49. The first kappa shape index (κ1) is 14.2. The van der Waals surface area contributed by atoms with Gasteiger partial charge in [-0.1, -0.05) is 0 Å². The molecule has 4 nitrogen and oxygen atoms in total. The van der Waals surface area contributed by atoms with Crippen molar-refractivity contribution in [3.63, 3.8) is 0 Å². The minimum atomic E-state index is -0.370. The van der Waals surface area contributed by atoms with Gasteiger partial charge in [-0.05, 0) is 51.8 Å². The highest BCUT2D eigenvalue weighted by Gasteiger charge is 2.04. The fraction of sp³-hybridized carbons (Fsp3) is 0.273. The third-order valence-electron chi connectivity index (χ3n) is 1.74. The van der Waals surface area contributed by atoms with Crippen LogP contribution in [0.15, 0.2) is 33.0 Å². The van der Waals surface area contributed by atoms with Gasteiger partial charge in [0, 0.05) is 22.4 Å². The van der Waals surface area contributed by atoms with Gasteiger partial charge in [0.05, 0.1) is 11.1 Å². The van der Waals surface area contributed by atoms with Crippen molar-refractivity contribution in [3.8, 4) is 0 Å². The summed E-state index contributed by atoms with van der Waals surface area (Å²) in [6, 6.07) is 1.87. The lowest BCUT2D eigenvalue weighted by atomic mass is 10.4. The number of allylic oxidation sites excluding steroid dienone is 1. The van der Waals surface area contributed by atoms with Crippen molar-refractivity contribution in [1.29, 1.82) is 0 Å². The van der Waals surface area contributed by atoms with Gasteiger partial charge < -0.3 is 10.1 Å². The van der Waals surface area contributed by atoms with Crippen molar-refractivity contribution in [2.75, 3.05) is 11.9 Å². The molecule has 0 atom stereocenters. The molecule has 0 radical (unpaired) electrons. The highest BCUT2D eigenvalue weighted by molar-refractivity contribution is 9.11. The zero-order chi connectivity index (χ0) is 12.8. The van der Waals surface area contributed by atoms with E-state index in [0.29, 0.717) is 18.1 Å². The molecule has 1 heterocycles. The zero-order valence-corrected chi connectivity index (χ0v) is 12.6. The number of hydrogen-bond acceptors (Lipinski definition) is 4. The Hall–Kier alpha value is -0.880. The number of carbonyl (C=O) groups excluding carboxylic acids is 1. The number of ether oxygens (including phenoxy) is 1. The van der Waals surface area contributed by atoms with Gasteiger partial charge >= 0.3 is 5.97 Å². The standard InChI is InChI=1S/C11H12Br2N2O2/c1-3-17-10(16)4-7(2)15-11-9(13)5-8(12)6-14-11/h4-6H,3H2,1-2H3,(H,14,15)/b7-4+. The Balaban J connectivity index is 2.74. The van der Waals surface area contributed by atoms with Crippen molar-refractivity contribution in [3.05, 3.63) is 33.0 Å². The molecule has 1 N–H and O–H groups in total. The van der Waals surface area contributed by atoms with Crippen molar-refractivity contribution in [1.82, 2.24) is 4.98 Å². The number of esters is 1. The summed E-state index contributed by atoms with van der Waals surface area (Å²) in [6.45, 7) is 3.90. The van der Waals surface area contributed by atoms with Crippen LogP contribution in [0.4, 0.5) is 5.82 Å². The molecule has 1 aromatic heterocycles. The maximum Gasteiger partial charge on any atom is 0.332 e. The van der Waals surface area contributed by atoms with Gasteiger partial charge in [-0.25, -0.2) is 9.78 Å². The molecule has 0 aromatic carbocycles. The first-order valence-corrected chi connectivity index (χ1v) is 6.54. The summed E-state index contributed by atoms with van der Waals surface area (Å²) in [5.41, 5.74) is 0.666. The molecule has 0 fully saturated rings. The highest BCUT2D eigenvalue weighted by Crippen LogP contribution is 2.24. The summed E-state index contributed by atoms with van der Waals surface area (Å²) in [6.07, 6.45) is 3.06. The minimum absolute atomic E-state index is 0.364. The van der Waals surface area contributed by atoms with E-state index in [9.17, 15) is 4.79 Å². The topological polar surface area (TPSA) is 51.2 Å². The molecule has 1 rings (SSSR count). The molecule has 0 aliphatic rings. The number of anilines is 1. The Morgan fingerprint density at radius 1 is 1.59 bits per heavy atom. The number of carbonyl (C=O) groups is 1. The normalized spacial score (nSPS) is 11.2. The van der Waals surface area contributed by atoms with Gasteiger partial charge in [-0.15, -0.1) is 0 Å². The van der Waals surface area contributed by atoms with Crippen molar-refractivity contribution >= 4 is 43.6 Å². The van der Waals surface area contributed by atoms with E-state index in [1.807, 2.05) is 6.07 Å². The predicted molar refractivity (Wildman–Crippen MR) is 73.6 cm³/mol. The lowest BCUT2D eigenvalue weighted by Crippen LogP contribution is -2.05. The molecule has 0 bridgehead atoms. The number of aromatic nitrogens is 1. The third kappa shape index (κ3) is 4.87. The average molecular weight is 364 g/mol. The molecule has 0 saturated carbocycles. The van der Waals surface area contributed by atoms with Crippen LogP contribution in [0.25, 0.3) is 0 Å². The molecule has 0 saturated heterocycles. The van der Waals surface area contributed by atoms with Crippen molar-refractivity contribution in [2.24, 2.45) is 0 Å². The van der Waals surface area contributed by atoms with E-state index >= 15 is 0 Å². The molecule has 0 aliphatic carbocycles. The molecule has 1 aromatic rings. The van der Waals surface area contributed by atoms with Crippen LogP contribution in [0.2, 0.25) is 0 Å². The zero-order valence-electron chi connectivity index (χ0n) is 9.46. The van der Waals surface area contributed by atoms with Crippen LogP contribution in [0, 0.1) is 0 Å². The maximum absolute atomic E-state index is 11.2. The van der Waals surface area contributed by atoms with Gasteiger partial charge in [0.1, 0.15) is 5.82 Å². The van der Waals surface area contributed by atoms with Crippen molar-refractivity contribution in [2.45, 2.75) is 13.8 Å². The second kappa shape index (κ2) is 6.76. The van der Waals surface area contributed by atoms with E-state index in [0.717, 1.165) is 8.95 Å². The molecular weight excluding hydrogens is 352 g/mol. The Morgan fingerprint density at radius 3 is 2.88 bits per heavy atom. The van der Waals surface area contributed by atoms with Crippen molar-refractivity contribution < 1.29 is 9.53 Å². The third-order valence-corrected chi connectivity index (χ3v) is 2.78. The number of hydrogen-bond donors (Lipinski definition) is 1. The average Bonchev–Trinajstić information content (AvgIpc) is 2.22. The van der Waals surface area contributed by atoms with Crippen LogP contribution in [0.3, 0.4) is 0 Å². The Morgan fingerprint density at radius 2 is 2.29 bits per heavy atom. The first-order chi connectivity index (χ1) is 8.02. The van der Waals surface area contributed by atoms with Crippen LogP contribution in [-0.4, -0.2) is 17.6 Å². The monoisotopic (exact) mass is 362 g/mol. The first-order valence-electron chi connectivity index (χ1n) is 4.96. The van der Waals surface area contributed by atoms with Crippen LogP contribution in [0.5, 0.6) is 0 Å². The van der Waals surface area contributed by atoms with Gasteiger partial charge in [0.15, 0.2) is 0 Å². The van der Waals surface area contributed by atoms with Crippen LogP contribution >= 0.6 is 31.9 Å². The fourth-order valence-corrected chi connectivity index (χ4v) is 2.18. The highest BCUT2D eigenvalue weighted by atomic mass is 79.9. The van der Waals surface area contributed by atoms with Crippen LogP contribution in [-0.2, 0) is 9.53 Å². The van der Waals surface area contributed by atoms with E-state index in [4.69, 9.17) is 4.74 Å². The second-order valence-corrected chi connectivity index (χ2v) is 4.96. The van der Waals surface area contributed by atoms with E-state index in [1.54, 1.807) is 20.0 Å². The van der Waals surface area contributed by atoms with Crippen LogP contribution in [0.1, 0.15) is 13.8 Å². The van der Waals surface area contributed by atoms with E-state index in [1.165, 1.54) is 6.08 Å². The van der Waals surface area contributed by atoms with Gasteiger partial charge in [0.2, 0.25) is 0 Å². The molecule has 0 unspecified atom stereocenters. The molecule has 0 spiro atoms. The molecular formula is C11H12Br2N2O2. The summed E-state index contributed by atoms with van der Waals surface area (Å²) in [5, 5.41) is 3.01. The van der Waals surface area contributed by atoms with Gasteiger partial charge in [-0.3, -0.25) is 0 Å². The lowest BCUT2D eigenvalue weighted by molar-refractivity contribution is -0.137. The van der Waals surface area contributed by atoms with E-state index < -0.39 is 0 Å². The van der Waals surface area contributed by atoms with E-state index in [2.05, 4.69) is 42.2 Å². The quantitative estimate of drug-likeness (QED) is 0.657. The molecule has 17 heavy (non-hydrogen) atoms. The Bertz CT molecular complexity index is 447. The second-order valence-electron chi connectivity index (χ2n) is 3.19. The van der Waals surface area contributed by atoms with E-state index in [-0.39, 0.29) is 5.97 Å². The number of nitrogens with zero attached hydrogens (tertiary/aromatic N) is 1. The molecule has 6 heteroatoms. The SMILES string of the molecule is CCOC(=O)/C=C(\C)Nc1ncc(Br)cc1Br. The summed E-state index contributed by atoms with van der Waals surface area (Å²) in [4.78, 5) is 15.4. The largest absolute Gasteiger partial charge is 0.463 e. The van der Waals surface area contributed by atoms with Gasteiger partial charge in [0.25, 0.3) is 0 Å².